The summed E-state index contributed by atoms with van der Waals surface area (Å²) in [7, 11) is 1.60. The van der Waals surface area contributed by atoms with Crippen molar-refractivity contribution < 1.29 is 9.53 Å². The number of benzene rings is 3. The Bertz CT molecular complexity index is 1360. The summed E-state index contributed by atoms with van der Waals surface area (Å²) in [6.07, 6.45) is 7.41. The Morgan fingerprint density at radius 2 is 1.84 bits per heavy atom. The molecule has 0 aliphatic carbocycles. The van der Waals surface area contributed by atoms with Gasteiger partial charge in [0.05, 0.1) is 25.7 Å². The minimum absolute atomic E-state index is 0.0369. The molecule has 31 heavy (non-hydrogen) atoms. The Labute approximate surface area is 180 Å². The number of methoxy groups -OCH3 is 1. The third-order valence-corrected chi connectivity index (χ3v) is 5.44. The van der Waals surface area contributed by atoms with Crippen LogP contribution in [-0.4, -0.2) is 27.4 Å². The Kier molecular flexibility index (Phi) is 4.84. The molecule has 1 N–H and O–H groups in total. The zero-order chi connectivity index (χ0) is 21.2. The van der Waals surface area contributed by atoms with Crippen LogP contribution in [0.25, 0.3) is 21.9 Å². The van der Waals surface area contributed by atoms with E-state index in [1.807, 2.05) is 53.4 Å². The summed E-state index contributed by atoms with van der Waals surface area (Å²) in [5, 5.41) is 2.25. The highest BCUT2D eigenvalue weighted by Gasteiger charge is 2.20. The van der Waals surface area contributed by atoms with E-state index in [0.29, 0.717) is 23.4 Å². The average molecular weight is 407 g/mol. The molecule has 0 saturated heterocycles. The third kappa shape index (κ3) is 3.62. The van der Waals surface area contributed by atoms with Crippen LogP contribution in [0, 0.1) is 0 Å². The third-order valence-electron chi connectivity index (χ3n) is 5.44. The molecule has 5 heteroatoms. The maximum atomic E-state index is 13.6. The summed E-state index contributed by atoms with van der Waals surface area (Å²) < 4.78 is 7.35. The molecule has 2 aromatic heterocycles. The van der Waals surface area contributed by atoms with Crippen LogP contribution in [0.2, 0.25) is 0 Å². The minimum atomic E-state index is -0.0369. The van der Waals surface area contributed by atoms with Gasteiger partial charge in [0.1, 0.15) is 5.75 Å². The fourth-order valence-electron chi connectivity index (χ4n) is 3.94. The predicted octanol–water partition coefficient (Wildman–Crippen LogP) is 5.32. The van der Waals surface area contributed by atoms with Crippen molar-refractivity contribution >= 4 is 16.6 Å². The normalized spacial score (nSPS) is 11.0. The van der Waals surface area contributed by atoms with Crippen molar-refractivity contribution in [1.29, 1.82) is 0 Å². The maximum absolute atomic E-state index is 13.6. The van der Waals surface area contributed by atoms with Crippen LogP contribution in [0.4, 0.5) is 0 Å². The van der Waals surface area contributed by atoms with Crippen molar-refractivity contribution in [1.82, 2.24) is 14.5 Å². The number of ketones is 1. The fraction of sp³-hybridized carbons (Fsp3) is 0.0769. The number of ether oxygens (including phenoxy) is 1. The lowest BCUT2D eigenvalue weighted by molar-refractivity contribution is 0.103. The Balaban J connectivity index is 1.67. The number of imidazole rings is 1. The highest BCUT2D eigenvalue weighted by molar-refractivity contribution is 6.14. The summed E-state index contributed by atoms with van der Waals surface area (Å²) >= 11 is 0. The van der Waals surface area contributed by atoms with E-state index >= 15 is 0 Å². The molecule has 0 spiro atoms. The molecule has 0 bridgehead atoms. The van der Waals surface area contributed by atoms with Crippen LogP contribution >= 0.6 is 0 Å². The molecule has 0 aliphatic rings. The fourth-order valence-corrected chi connectivity index (χ4v) is 3.94. The predicted molar refractivity (Wildman–Crippen MR) is 121 cm³/mol. The standard InChI is InChI=1S/C26H21N3O2/c1-31-21-9-4-8-19(12-21)26(30)25-16-29(14-20-13-27-17-28-20)15-24(25)23-11-5-7-18-6-2-3-10-22(18)23/h2-13,15-17H,14H2,1H3,(H,27,28). The van der Waals surface area contributed by atoms with Crippen molar-refractivity contribution in [2.75, 3.05) is 7.11 Å². The topological polar surface area (TPSA) is 59.9 Å². The Morgan fingerprint density at radius 1 is 1.00 bits per heavy atom. The summed E-state index contributed by atoms with van der Waals surface area (Å²) in [5.74, 6) is 0.625. The van der Waals surface area contributed by atoms with Crippen LogP contribution in [0.15, 0.2) is 91.6 Å². The van der Waals surface area contributed by atoms with Gasteiger partial charge in [-0.15, -0.1) is 0 Å². The van der Waals surface area contributed by atoms with Gasteiger partial charge in [-0.3, -0.25) is 4.79 Å². The van der Waals surface area contributed by atoms with Gasteiger partial charge < -0.3 is 14.3 Å². The molecule has 0 aliphatic heterocycles. The van der Waals surface area contributed by atoms with E-state index < -0.39 is 0 Å². The van der Waals surface area contributed by atoms with Crippen molar-refractivity contribution in [2.24, 2.45) is 0 Å². The zero-order valence-corrected chi connectivity index (χ0v) is 17.1. The highest BCUT2D eigenvalue weighted by atomic mass is 16.5. The smallest absolute Gasteiger partial charge is 0.195 e. The van der Waals surface area contributed by atoms with Crippen LogP contribution in [-0.2, 0) is 6.54 Å². The second kappa shape index (κ2) is 7.95. The van der Waals surface area contributed by atoms with E-state index in [9.17, 15) is 4.79 Å². The summed E-state index contributed by atoms with van der Waals surface area (Å²) in [5.41, 5.74) is 4.17. The molecule has 0 atom stereocenters. The molecule has 0 fully saturated rings. The van der Waals surface area contributed by atoms with E-state index in [1.54, 1.807) is 25.7 Å². The quantitative estimate of drug-likeness (QED) is 0.388. The number of hydrogen-bond donors (Lipinski definition) is 1. The first-order chi connectivity index (χ1) is 15.2. The lowest BCUT2D eigenvalue weighted by Crippen LogP contribution is -2.03. The number of carbonyl (C=O) groups is 1. The first-order valence-electron chi connectivity index (χ1n) is 10.1. The number of nitrogens with zero attached hydrogens (tertiary/aromatic N) is 2. The lowest BCUT2D eigenvalue weighted by atomic mass is 9.94. The Hall–Kier alpha value is -4.12. The van der Waals surface area contributed by atoms with E-state index in [0.717, 1.165) is 27.6 Å². The van der Waals surface area contributed by atoms with Gasteiger partial charge in [-0.1, -0.05) is 54.6 Å². The molecule has 0 amide bonds. The monoisotopic (exact) mass is 407 g/mol. The van der Waals surface area contributed by atoms with Gasteiger partial charge in [0, 0.05) is 35.3 Å². The molecule has 5 nitrogen and oxygen atoms in total. The molecule has 0 radical (unpaired) electrons. The van der Waals surface area contributed by atoms with Crippen LogP contribution in [0.3, 0.4) is 0 Å². The summed E-state index contributed by atoms with van der Waals surface area (Å²) in [6.45, 7) is 0.600. The van der Waals surface area contributed by atoms with E-state index in [1.165, 1.54) is 0 Å². The molecule has 3 aromatic carbocycles. The van der Waals surface area contributed by atoms with Crippen molar-refractivity contribution in [3.05, 3.63) is 108 Å². The van der Waals surface area contributed by atoms with Gasteiger partial charge in [0.25, 0.3) is 0 Å². The number of aromatic amines is 1. The molecule has 0 saturated carbocycles. The molecular formula is C26H21N3O2. The zero-order valence-electron chi connectivity index (χ0n) is 17.1. The van der Waals surface area contributed by atoms with Gasteiger partial charge in [0.2, 0.25) is 0 Å². The number of fused-ring (bicyclic) bond motifs is 1. The van der Waals surface area contributed by atoms with E-state index in [-0.39, 0.29) is 5.78 Å². The van der Waals surface area contributed by atoms with Gasteiger partial charge >= 0.3 is 0 Å². The second-order valence-electron chi connectivity index (χ2n) is 7.42. The molecule has 5 rings (SSSR count). The van der Waals surface area contributed by atoms with E-state index in [4.69, 9.17) is 4.74 Å². The molecular weight excluding hydrogens is 386 g/mol. The van der Waals surface area contributed by atoms with Gasteiger partial charge in [-0.25, -0.2) is 4.98 Å². The average Bonchev–Trinajstić information content (AvgIpc) is 3.48. The minimum Gasteiger partial charge on any atom is -0.497 e. The first kappa shape index (κ1) is 18.9. The Morgan fingerprint density at radius 3 is 2.68 bits per heavy atom. The molecule has 152 valence electrons. The van der Waals surface area contributed by atoms with Crippen LogP contribution < -0.4 is 4.74 Å². The van der Waals surface area contributed by atoms with Gasteiger partial charge in [-0.05, 0) is 28.5 Å². The number of hydrogen-bond acceptors (Lipinski definition) is 3. The SMILES string of the molecule is COc1cccc(C(=O)c2cn(Cc3cnc[nH]3)cc2-c2cccc3ccccc23)c1. The summed E-state index contributed by atoms with van der Waals surface area (Å²) in [6, 6.07) is 21.7. The number of carbonyl (C=O) groups excluding carboxylic acids is 1. The van der Waals surface area contributed by atoms with Crippen molar-refractivity contribution in [2.45, 2.75) is 6.54 Å². The largest absolute Gasteiger partial charge is 0.497 e. The number of aromatic nitrogens is 3. The molecule has 2 heterocycles. The van der Waals surface area contributed by atoms with Gasteiger partial charge in [-0.2, -0.15) is 0 Å². The van der Waals surface area contributed by atoms with Crippen molar-refractivity contribution in [3.8, 4) is 16.9 Å². The summed E-state index contributed by atoms with van der Waals surface area (Å²) in [4.78, 5) is 20.8. The number of nitrogens with one attached hydrogen (secondary N) is 1. The highest BCUT2D eigenvalue weighted by Crippen LogP contribution is 2.33. The molecule has 0 unspecified atom stereocenters. The van der Waals surface area contributed by atoms with E-state index in [2.05, 4.69) is 34.2 Å². The van der Waals surface area contributed by atoms with Crippen LogP contribution in [0.5, 0.6) is 5.75 Å². The van der Waals surface area contributed by atoms with Gasteiger partial charge in [0.15, 0.2) is 5.78 Å². The van der Waals surface area contributed by atoms with Crippen LogP contribution in [0.1, 0.15) is 21.6 Å². The van der Waals surface area contributed by atoms with Crippen molar-refractivity contribution in [3.63, 3.8) is 0 Å². The number of rotatable bonds is 6. The maximum Gasteiger partial charge on any atom is 0.195 e. The molecule has 5 aromatic rings. The number of H-pyrrole nitrogens is 1. The second-order valence-corrected chi connectivity index (χ2v) is 7.42. The first-order valence-corrected chi connectivity index (χ1v) is 10.1. The lowest BCUT2D eigenvalue weighted by Gasteiger charge is -2.08.